The van der Waals surface area contributed by atoms with Gasteiger partial charge in [0.2, 0.25) is 0 Å². The molecule has 0 spiro atoms. The minimum atomic E-state index is -1.08. The lowest BCUT2D eigenvalue weighted by atomic mass is 9.98. The van der Waals surface area contributed by atoms with Crippen molar-refractivity contribution in [3.63, 3.8) is 0 Å². The van der Waals surface area contributed by atoms with Crippen LogP contribution in [0.3, 0.4) is 0 Å². The van der Waals surface area contributed by atoms with E-state index in [-0.39, 0.29) is 11.3 Å². The molecule has 34 heavy (non-hydrogen) atoms. The number of benzene rings is 2. The third-order valence-electron chi connectivity index (χ3n) is 5.82. The Morgan fingerprint density at radius 1 is 0.853 bits per heavy atom. The van der Waals surface area contributed by atoms with E-state index in [1.807, 2.05) is 44.2 Å². The van der Waals surface area contributed by atoms with E-state index >= 15 is 0 Å². The smallest absolute Gasteiger partial charge is 0.354 e. The van der Waals surface area contributed by atoms with Crippen molar-refractivity contribution in [1.82, 2.24) is 9.97 Å². The van der Waals surface area contributed by atoms with Gasteiger partial charge in [-0.2, -0.15) is 0 Å². The molecule has 2 aromatic carbocycles. The zero-order valence-electron chi connectivity index (χ0n) is 19.0. The molecule has 0 radical (unpaired) electrons. The number of carboxylic acids is 2. The summed E-state index contributed by atoms with van der Waals surface area (Å²) >= 11 is 0. The Kier molecular flexibility index (Phi) is 6.54. The van der Waals surface area contributed by atoms with Crippen molar-refractivity contribution in [3.05, 3.63) is 88.7 Å². The molecule has 0 aliphatic heterocycles. The molecule has 2 aromatic heterocycles. The summed E-state index contributed by atoms with van der Waals surface area (Å²) in [4.78, 5) is 32.1. The van der Waals surface area contributed by atoms with E-state index in [9.17, 15) is 19.8 Å². The number of nitrogens with zero attached hydrogens (tertiary/aromatic N) is 2. The highest BCUT2D eigenvalue weighted by molar-refractivity contribution is 5.96. The van der Waals surface area contributed by atoms with Crippen LogP contribution in [-0.2, 0) is 19.4 Å². The lowest BCUT2D eigenvalue weighted by Gasteiger charge is -2.17. The zero-order chi connectivity index (χ0) is 24.2. The molecular formula is C27H25N3O4. The lowest BCUT2D eigenvalue weighted by molar-refractivity contribution is 0.0683. The number of rotatable bonds is 8. The zero-order valence-corrected chi connectivity index (χ0v) is 19.0. The number of pyridine rings is 2. The molecule has 0 aliphatic rings. The number of carbonyl (C=O) groups is 2. The highest BCUT2D eigenvalue weighted by Crippen LogP contribution is 2.30. The molecule has 0 saturated heterocycles. The predicted octanol–water partition coefficient (Wildman–Crippen LogP) is 5.43. The largest absolute Gasteiger partial charge is 0.478 e. The summed E-state index contributed by atoms with van der Waals surface area (Å²) in [5.74, 6) is -2.04. The topological polar surface area (TPSA) is 112 Å². The van der Waals surface area contributed by atoms with Crippen molar-refractivity contribution < 1.29 is 19.8 Å². The number of aromatic carboxylic acids is 2. The molecule has 0 atom stereocenters. The average Bonchev–Trinajstić information content (AvgIpc) is 2.86. The van der Waals surface area contributed by atoms with E-state index in [2.05, 4.69) is 10.3 Å². The maximum atomic E-state index is 11.5. The van der Waals surface area contributed by atoms with Crippen molar-refractivity contribution in [3.8, 4) is 11.1 Å². The molecule has 172 valence electrons. The van der Waals surface area contributed by atoms with Gasteiger partial charge in [0, 0.05) is 12.2 Å². The van der Waals surface area contributed by atoms with Gasteiger partial charge in [-0.25, -0.2) is 14.6 Å². The molecule has 0 bridgehead atoms. The molecule has 0 saturated carbocycles. The van der Waals surface area contributed by atoms with Gasteiger partial charge in [0.1, 0.15) is 11.2 Å². The predicted molar refractivity (Wildman–Crippen MR) is 131 cm³/mol. The van der Waals surface area contributed by atoms with Gasteiger partial charge < -0.3 is 15.5 Å². The number of carboxylic acid groups (broad SMARTS) is 2. The summed E-state index contributed by atoms with van der Waals surface area (Å²) in [6.45, 7) is 4.59. The normalized spacial score (nSPS) is 10.9. The first-order chi connectivity index (χ1) is 16.4. The minimum Gasteiger partial charge on any atom is -0.478 e. The van der Waals surface area contributed by atoms with Crippen LogP contribution in [0.15, 0.2) is 60.7 Å². The summed E-state index contributed by atoms with van der Waals surface area (Å²) in [7, 11) is 0. The SMILES string of the molecule is CCc1nc2ccc(C(=O)O)nc2c(NCc2ccc(-c3ccccc3C(=O)O)cc2)c1CC. The van der Waals surface area contributed by atoms with Crippen LogP contribution in [0.4, 0.5) is 5.69 Å². The summed E-state index contributed by atoms with van der Waals surface area (Å²) in [6.07, 6.45) is 1.49. The van der Waals surface area contributed by atoms with Crippen LogP contribution in [0.25, 0.3) is 22.2 Å². The van der Waals surface area contributed by atoms with Gasteiger partial charge in [-0.3, -0.25) is 4.98 Å². The number of anilines is 1. The quantitative estimate of drug-likeness (QED) is 0.325. The Bertz CT molecular complexity index is 1380. The number of hydrogen-bond donors (Lipinski definition) is 3. The van der Waals surface area contributed by atoms with Gasteiger partial charge in [0.05, 0.1) is 16.8 Å². The number of aryl methyl sites for hydroxylation is 1. The highest BCUT2D eigenvalue weighted by atomic mass is 16.4. The standard InChI is InChI=1S/C27H25N3O4/c1-3-18-21(4-2)29-22-13-14-23(27(33)34)30-25(22)24(18)28-15-16-9-11-17(12-10-16)19-7-5-6-8-20(19)26(31)32/h5-14H,3-4,15H2,1-2H3,(H,28,29)(H,31,32)(H,33,34). The van der Waals surface area contributed by atoms with Crippen molar-refractivity contribution in [2.24, 2.45) is 0 Å². The Morgan fingerprint density at radius 2 is 1.59 bits per heavy atom. The summed E-state index contributed by atoms with van der Waals surface area (Å²) in [6, 6.07) is 17.8. The molecular weight excluding hydrogens is 430 g/mol. The van der Waals surface area contributed by atoms with Crippen LogP contribution in [0.5, 0.6) is 0 Å². The second kappa shape index (κ2) is 9.70. The second-order valence-electron chi connectivity index (χ2n) is 7.89. The molecule has 2 heterocycles. The fraction of sp³-hybridized carbons (Fsp3) is 0.185. The second-order valence-corrected chi connectivity index (χ2v) is 7.89. The third-order valence-corrected chi connectivity index (χ3v) is 5.82. The molecule has 0 aliphatic carbocycles. The molecule has 0 fully saturated rings. The third kappa shape index (κ3) is 4.45. The van der Waals surface area contributed by atoms with Crippen molar-refractivity contribution in [1.29, 1.82) is 0 Å². The summed E-state index contributed by atoms with van der Waals surface area (Å²) in [5, 5.41) is 22.3. The minimum absolute atomic E-state index is 0.0231. The average molecular weight is 456 g/mol. The maximum Gasteiger partial charge on any atom is 0.354 e. The summed E-state index contributed by atoms with van der Waals surface area (Å²) < 4.78 is 0. The van der Waals surface area contributed by atoms with E-state index in [0.717, 1.165) is 40.9 Å². The molecule has 0 amide bonds. The van der Waals surface area contributed by atoms with E-state index in [0.29, 0.717) is 23.1 Å². The Labute approximate surface area is 197 Å². The Balaban J connectivity index is 1.67. The van der Waals surface area contributed by atoms with Gasteiger partial charge in [0.25, 0.3) is 0 Å². The molecule has 0 unspecified atom stereocenters. The van der Waals surface area contributed by atoms with Crippen molar-refractivity contribution in [2.75, 3.05) is 5.32 Å². The van der Waals surface area contributed by atoms with Gasteiger partial charge in [-0.15, -0.1) is 0 Å². The fourth-order valence-corrected chi connectivity index (χ4v) is 4.12. The first-order valence-corrected chi connectivity index (χ1v) is 11.1. The van der Waals surface area contributed by atoms with Gasteiger partial charge in [-0.05, 0) is 53.3 Å². The van der Waals surface area contributed by atoms with E-state index in [1.54, 1.807) is 24.3 Å². The molecule has 4 rings (SSSR count). The first kappa shape index (κ1) is 22.9. The van der Waals surface area contributed by atoms with Crippen LogP contribution in [0.1, 0.15) is 51.5 Å². The van der Waals surface area contributed by atoms with Gasteiger partial charge >= 0.3 is 11.9 Å². The first-order valence-electron chi connectivity index (χ1n) is 11.1. The van der Waals surface area contributed by atoms with Crippen LogP contribution in [0.2, 0.25) is 0 Å². The van der Waals surface area contributed by atoms with E-state index in [4.69, 9.17) is 4.98 Å². The Hall–Kier alpha value is -4.26. The van der Waals surface area contributed by atoms with Crippen molar-refractivity contribution in [2.45, 2.75) is 33.2 Å². The fourth-order valence-electron chi connectivity index (χ4n) is 4.12. The molecule has 7 nitrogen and oxygen atoms in total. The highest BCUT2D eigenvalue weighted by Gasteiger charge is 2.17. The number of fused-ring (bicyclic) bond motifs is 1. The van der Waals surface area contributed by atoms with E-state index < -0.39 is 11.9 Å². The van der Waals surface area contributed by atoms with Gasteiger partial charge in [0.15, 0.2) is 0 Å². The van der Waals surface area contributed by atoms with Crippen LogP contribution >= 0.6 is 0 Å². The van der Waals surface area contributed by atoms with Crippen molar-refractivity contribution >= 4 is 28.7 Å². The van der Waals surface area contributed by atoms with Gasteiger partial charge in [-0.1, -0.05) is 56.3 Å². The molecule has 4 aromatic rings. The van der Waals surface area contributed by atoms with Crippen LogP contribution < -0.4 is 5.32 Å². The molecule has 3 N–H and O–H groups in total. The number of nitrogens with one attached hydrogen (secondary N) is 1. The van der Waals surface area contributed by atoms with E-state index in [1.165, 1.54) is 6.07 Å². The Morgan fingerprint density at radius 3 is 2.24 bits per heavy atom. The van der Waals surface area contributed by atoms with Crippen LogP contribution in [-0.4, -0.2) is 32.1 Å². The monoisotopic (exact) mass is 455 g/mol. The lowest BCUT2D eigenvalue weighted by Crippen LogP contribution is -2.09. The number of hydrogen-bond acceptors (Lipinski definition) is 5. The van der Waals surface area contributed by atoms with Crippen LogP contribution in [0, 0.1) is 0 Å². The number of aromatic nitrogens is 2. The maximum absolute atomic E-state index is 11.5. The summed E-state index contributed by atoms with van der Waals surface area (Å²) in [5.41, 5.74) is 6.71. The molecule has 7 heteroatoms.